The Labute approximate surface area is 147 Å². The molecule has 1 fully saturated rings. The topological polar surface area (TPSA) is 75.7 Å². The maximum atomic E-state index is 12.5. The summed E-state index contributed by atoms with van der Waals surface area (Å²) in [5.74, 6) is 0.401. The standard InChI is InChI=1S/C18H20N2O4S/c1-13-12-14(20-10-5-11-25(20,22)23)8-9-16(13)19-18(21)15-6-3-4-7-17(15)24-2/h3-4,6-9,12H,5,10-11H2,1-2H3,(H,19,21). The third-order valence-electron chi connectivity index (χ3n) is 4.20. The molecule has 0 aromatic heterocycles. The van der Waals surface area contributed by atoms with Gasteiger partial charge in [0, 0.05) is 12.2 Å². The first-order chi connectivity index (χ1) is 11.9. The highest BCUT2D eigenvalue weighted by Gasteiger charge is 2.28. The van der Waals surface area contributed by atoms with Gasteiger partial charge in [-0.15, -0.1) is 0 Å². The van der Waals surface area contributed by atoms with Crippen LogP contribution in [0.15, 0.2) is 42.5 Å². The van der Waals surface area contributed by atoms with Gasteiger partial charge in [-0.25, -0.2) is 8.42 Å². The molecule has 1 amide bonds. The third kappa shape index (κ3) is 3.46. The van der Waals surface area contributed by atoms with Gasteiger partial charge in [-0.05, 0) is 49.2 Å². The van der Waals surface area contributed by atoms with E-state index in [1.165, 1.54) is 11.4 Å². The molecule has 0 saturated carbocycles. The van der Waals surface area contributed by atoms with Crippen LogP contribution in [0, 0.1) is 6.92 Å². The van der Waals surface area contributed by atoms with Crippen molar-refractivity contribution in [2.45, 2.75) is 13.3 Å². The van der Waals surface area contributed by atoms with Gasteiger partial charge in [0.05, 0.1) is 24.1 Å². The van der Waals surface area contributed by atoms with Gasteiger partial charge < -0.3 is 10.1 Å². The van der Waals surface area contributed by atoms with E-state index < -0.39 is 10.0 Å². The maximum Gasteiger partial charge on any atom is 0.259 e. The molecule has 1 saturated heterocycles. The van der Waals surface area contributed by atoms with E-state index in [4.69, 9.17) is 4.74 Å². The molecular formula is C18H20N2O4S. The van der Waals surface area contributed by atoms with Crippen molar-refractivity contribution >= 4 is 27.3 Å². The first-order valence-corrected chi connectivity index (χ1v) is 9.59. The Morgan fingerprint density at radius 1 is 1.20 bits per heavy atom. The number of rotatable bonds is 4. The zero-order chi connectivity index (χ0) is 18.0. The minimum Gasteiger partial charge on any atom is -0.496 e. The summed E-state index contributed by atoms with van der Waals surface area (Å²) in [6.07, 6.45) is 0.633. The lowest BCUT2D eigenvalue weighted by atomic mass is 10.1. The smallest absolute Gasteiger partial charge is 0.259 e. The Kier molecular flexibility index (Phi) is 4.67. The molecule has 0 atom stereocenters. The molecule has 1 aliphatic rings. The van der Waals surface area contributed by atoms with Gasteiger partial charge in [0.2, 0.25) is 10.0 Å². The second kappa shape index (κ2) is 6.76. The summed E-state index contributed by atoms with van der Waals surface area (Å²) in [5.41, 5.74) is 2.50. The van der Waals surface area contributed by atoms with Crippen LogP contribution in [0.2, 0.25) is 0 Å². The van der Waals surface area contributed by atoms with Crippen molar-refractivity contribution in [3.8, 4) is 5.75 Å². The quantitative estimate of drug-likeness (QED) is 0.910. The average Bonchev–Trinajstić information content (AvgIpc) is 2.95. The highest BCUT2D eigenvalue weighted by molar-refractivity contribution is 7.93. The molecule has 0 spiro atoms. The molecular weight excluding hydrogens is 340 g/mol. The van der Waals surface area contributed by atoms with Crippen LogP contribution in [-0.4, -0.2) is 33.7 Å². The third-order valence-corrected chi connectivity index (χ3v) is 6.07. The fraction of sp³-hybridized carbons (Fsp3) is 0.278. The largest absolute Gasteiger partial charge is 0.496 e. The van der Waals surface area contributed by atoms with E-state index in [1.54, 1.807) is 42.5 Å². The molecule has 3 rings (SSSR count). The molecule has 1 heterocycles. The Balaban J connectivity index is 1.83. The number of methoxy groups -OCH3 is 1. The minimum atomic E-state index is -3.22. The highest BCUT2D eigenvalue weighted by atomic mass is 32.2. The predicted octanol–water partition coefficient (Wildman–Crippen LogP) is 2.80. The predicted molar refractivity (Wildman–Crippen MR) is 97.9 cm³/mol. The van der Waals surface area contributed by atoms with Gasteiger partial charge in [0.25, 0.3) is 5.91 Å². The van der Waals surface area contributed by atoms with Gasteiger partial charge in [-0.3, -0.25) is 9.10 Å². The maximum absolute atomic E-state index is 12.5. The summed E-state index contributed by atoms with van der Waals surface area (Å²) in [6, 6.07) is 12.2. The van der Waals surface area contributed by atoms with Crippen LogP contribution in [0.25, 0.3) is 0 Å². The minimum absolute atomic E-state index is 0.179. The highest BCUT2D eigenvalue weighted by Crippen LogP contribution is 2.28. The number of ether oxygens (including phenoxy) is 1. The average molecular weight is 360 g/mol. The summed E-state index contributed by atoms with van der Waals surface area (Å²) < 4.78 is 30.7. The van der Waals surface area contributed by atoms with Gasteiger partial charge in [-0.2, -0.15) is 0 Å². The van der Waals surface area contributed by atoms with Crippen molar-refractivity contribution < 1.29 is 17.9 Å². The SMILES string of the molecule is COc1ccccc1C(=O)Nc1ccc(N2CCCS2(=O)=O)cc1C. The van der Waals surface area contributed by atoms with E-state index >= 15 is 0 Å². The van der Waals surface area contributed by atoms with E-state index in [9.17, 15) is 13.2 Å². The summed E-state index contributed by atoms with van der Waals surface area (Å²) in [6.45, 7) is 2.33. The number of para-hydroxylation sites is 1. The molecule has 1 aliphatic heterocycles. The zero-order valence-electron chi connectivity index (χ0n) is 14.2. The van der Waals surface area contributed by atoms with E-state index in [1.807, 2.05) is 6.92 Å². The lowest BCUT2D eigenvalue weighted by molar-refractivity contribution is 0.102. The van der Waals surface area contributed by atoms with E-state index in [0.29, 0.717) is 35.7 Å². The second-order valence-corrected chi connectivity index (χ2v) is 7.91. The molecule has 0 unspecified atom stereocenters. The van der Waals surface area contributed by atoms with Crippen LogP contribution in [0.4, 0.5) is 11.4 Å². The number of carbonyl (C=O) groups excluding carboxylic acids is 1. The van der Waals surface area contributed by atoms with Crippen LogP contribution < -0.4 is 14.4 Å². The Hall–Kier alpha value is -2.54. The molecule has 1 N–H and O–H groups in total. The van der Waals surface area contributed by atoms with Crippen molar-refractivity contribution in [3.63, 3.8) is 0 Å². The fourth-order valence-electron chi connectivity index (χ4n) is 2.89. The number of anilines is 2. The van der Waals surface area contributed by atoms with Gasteiger partial charge in [0.1, 0.15) is 5.75 Å². The number of amides is 1. The fourth-order valence-corrected chi connectivity index (χ4v) is 4.45. The summed E-state index contributed by atoms with van der Waals surface area (Å²) in [4.78, 5) is 12.5. The molecule has 25 heavy (non-hydrogen) atoms. The molecule has 6 nitrogen and oxygen atoms in total. The number of nitrogens with zero attached hydrogens (tertiary/aromatic N) is 1. The molecule has 0 aliphatic carbocycles. The lowest BCUT2D eigenvalue weighted by Gasteiger charge is -2.19. The van der Waals surface area contributed by atoms with Crippen molar-refractivity contribution in [3.05, 3.63) is 53.6 Å². The zero-order valence-corrected chi connectivity index (χ0v) is 15.0. The number of carbonyl (C=O) groups is 1. The van der Waals surface area contributed by atoms with Gasteiger partial charge in [-0.1, -0.05) is 12.1 Å². The van der Waals surface area contributed by atoms with E-state index in [0.717, 1.165) is 5.56 Å². The van der Waals surface area contributed by atoms with Gasteiger partial charge in [0.15, 0.2) is 0 Å². The van der Waals surface area contributed by atoms with Crippen molar-refractivity contribution in [1.29, 1.82) is 0 Å². The molecule has 0 bridgehead atoms. The molecule has 0 radical (unpaired) electrons. The molecule has 132 valence electrons. The normalized spacial score (nSPS) is 15.8. The van der Waals surface area contributed by atoms with Crippen molar-refractivity contribution in [2.24, 2.45) is 0 Å². The van der Waals surface area contributed by atoms with Crippen LogP contribution >= 0.6 is 0 Å². The molecule has 2 aromatic carbocycles. The number of hydrogen-bond donors (Lipinski definition) is 1. The number of aryl methyl sites for hydroxylation is 1. The number of nitrogens with one attached hydrogen (secondary N) is 1. The number of hydrogen-bond acceptors (Lipinski definition) is 4. The van der Waals surface area contributed by atoms with Crippen LogP contribution in [0.1, 0.15) is 22.3 Å². The van der Waals surface area contributed by atoms with E-state index in [2.05, 4.69) is 5.32 Å². The Bertz CT molecular complexity index is 909. The Morgan fingerprint density at radius 3 is 2.60 bits per heavy atom. The summed E-state index contributed by atoms with van der Waals surface area (Å²) in [7, 11) is -1.70. The second-order valence-electron chi connectivity index (χ2n) is 5.90. The molecule has 7 heteroatoms. The van der Waals surface area contributed by atoms with Gasteiger partial charge >= 0.3 is 0 Å². The van der Waals surface area contributed by atoms with Crippen molar-refractivity contribution in [1.82, 2.24) is 0 Å². The van der Waals surface area contributed by atoms with E-state index in [-0.39, 0.29) is 11.7 Å². The monoisotopic (exact) mass is 360 g/mol. The first kappa shape index (κ1) is 17.3. The first-order valence-electron chi connectivity index (χ1n) is 7.98. The number of benzene rings is 2. The summed E-state index contributed by atoms with van der Waals surface area (Å²) in [5, 5.41) is 2.85. The lowest BCUT2D eigenvalue weighted by Crippen LogP contribution is -2.25. The van der Waals surface area contributed by atoms with Crippen molar-refractivity contribution in [2.75, 3.05) is 29.0 Å². The molecule has 2 aromatic rings. The van der Waals surface area contributed by atoms with Crippen LogP contribution in [-0.2, 0) is 10.0 Å². The number of sulfonamides is 1. The van der Waals surface area contributed by atoms with Crippen LogP contribution in [0.5, 0.6) is 5.75 Å². The van der Waals surface area contributed by atoms with Crippen LogP contribution in [0.3, 0.4) is 0 Å². The Morgan fingerprint density at radius 2 is 1.96 bits per heavy atom. The summed E-state index contributed by atoms with van der Waals surface area (Å²) >= 11 is 0.